The van der Waals surface area contributed by atoms with E-state index in [0.29, 0.717) is 0 Å². The van der Waals surface area contributed by atoms with Gasteiger partial charge in [0.2, 0.25) is 0 Å². The summed E-state index contributed by atoms with van der Waals surface area (Å²) in [6, 6.07) is 5.98. The van der Waals surface area contributed by atoms with Crippen LogP contribution in [0.15, 0.2) is 36.9 Å². The topological polar surface area (TPSA) is 57.8 Å². The van der Waals surface area contributed by atoms with Gasteiger partial charge >= 0.3 is 0 Å². The van der Waals surface area contributed by atoms with E-state index < -0.39 is 0 Å². The van der Waals surface area contributed by atoms with Gasteiger partial charge in [0, 0.05) is 18.9 Å². The summed E-state index contributed by atoms with van der Waals surface area (Å²) in [6.45, 7) is 0.774. The summed E-state index contributed by atoms with van der Waals surface area (Å²) in [5.41, 5.74) is 2.84. The van der Waals surface area contributed by atoms with Crippen molar-refractivity contribution in [2.75, 3.05) is 7.11 Å². The largest absolute Gasteiger partial charge is 0.398 e. The Bertz CT molecular complexity index is 628. The van der Waals surface area contributed by atoms with E-state index in [9.17, 15) is 0 Å². The monoisotopic (exact) mass is 229 g/mol. The lowest BCUT2D eigenvalue weighted by atomic mass is 10.2. The molecule has 0 N–H and O–H groups in total. The van der Waals surface area contributed by atoms with Crippen LogP contribution in [0.1, 0.15) is 5.56 Å². The Morgan fingerprint density at radius 1 is 1.35 bits per heavy atom. The third-order valence-corrected chi connectivity index (χ3v) is 2.58. The molecule has 6 nitrogen and oxygen atoms in total. The molecular weight excluding hydrogens is 218 g/mol. The van der Waals surface area contributed by atoms with Crippen molar-refractivity contribution in [3.8, 4) is 0 Å². The standard InChI is InChI=1S/C11H11N5O/c1-17-16-11-3-2-9(6-10(11)13-14-16)7-15-5-4-12-8-15/h2-6,8H,7H2,1H3. The molecule has 0 unspecified atom stereocenters. The number of nitrogens with zero attached hydrogens (tertiary/aromatic N) is 5. The van der Waals surface area contributed by atoms with E-state index in [4.69, 9.17) is 4.84 Å². The van der Waals surface area contributed by atoms with Crippen molar-refractivity contribution in [3.05, 3.63) is 42.5 Å². The maximum absolute atomic E-state index is 5.04. The fourth-order valence-electron chi connectivity index (χ4n) is 1.77. The van der Waals surface area contributed by atoms with Crippen LogP contribution in [0.25, 0.3) is 11.0 Å². The second-order valence-corrected chi connectivity index (χ2v) is 3.70. The first-order valence-electron chi connectivity index (χ1n) is 5.21. The molecule has 0 atom stereocenters. The summed E-state index contributed by atoms with van der Waals surface area (Å²) in [5, 5.41) is 7.92. The Morgan fingerprint density at radius 3 is 3.06 bits per heavy atom. The first kappa shape index (κ1) is 9.83. The number of imidazole rings is 1. The van der Waals surface area contributed by atoms with Crippen LogP contribution in [0.2, 0.25) is 0 Å². The van der Waals surface area contributed by atoms with Crippen molar-refractivity contribution in [2.24, 2.45) is 0 Å². The average Bonchev–Trinajstić information content (AvgIpc) is 2.97. The lowest BCUT2D eigenvalue weighted by Gasteiger charge is -2.02. The van der Waals surface area contributed by atoms with E-state index in [1.165, 1.54) is 4.85 Å². The van der Waals surface area contributed by atoms with Gasteiger partial charge in [-0.25, -0.2) is 4.98 Å². The second kappa shape index (κ2) is 3.89. The van der Waals surface area contributed by atoms with Crippen LogP contribution in [0.4, 0.5) is 0 Å². The summed E-state index contributed by atoms with van der Waals surface area (Å²) >= 11 is 0. The molecule has 0 spiro atoms. The Labute approximate surface area is 97.4 Å². The van der Waals surface area contributed by atoms with E-state index in [0.717, 1.165) is 23.1 Å². The fraction of sp³-hybridized carbons (Fsp3) is 0.182. The predicted molar refractivity (Wildman–Crippen MR) is 61.4 cm³/mol. The maximum Gasteiger partial charge on any atom is 0.130 e. The molecule has 0 saturated heterocycles. The molecular formula is C11H11N5O. The van der Waals surface area contributed by atoms with Crippen LogP contribution >= 0.6 is 0 Å². The zero-order valence-corrected chi connectivity index (χ0v) is 9.32. The second-order valence-electron chi connectivity index (χ2n) is 3.70. The molecule has 0 saturated carbocycles. The van der Waals surface area contributed by atoms with Crippen LogP contribution in [-0.2, 0) is 6.54 Å². The van der Waals surface area contributed by atoms with Crippen molar-refractivity contribution in [3.63, 3.8) is 0 Å². The van der Waals surface area contributed by atoms with E-state index in [1.807, 2.05) is 29.0 Å². The summed E-state index contributed by atoms with van der Waals surface area (Å²) < 4.78 is 2.00. The molecule has 0 aliphatic heterocycles. The van der Waals surface area contributed by atoms with Crippen LogP contribution in [-0.4, -0.2) is 31.8 Å². The van der Waals surface area contributed by atoms with Crippen LogP contribution < -0.4 is 4.84 Å². The Kier molecular flexibility index (Phi) is 2.25. The quantitative estimate of drug-likeness (QED) is 0.664. The van der Waals surface area contributed by atoms with Crippen LogP contribution in [0.5, 0.6) is 0 Å². The highest BCUT2D eigenvalue weighted by atomic mass is 16.7. The fourth-order valence-corrected chi connectivity index (χ4v) is 1.77. The highest BCUT2D eigenvalue weighted by Crippen LogP contribution is 2.13. The SMILES string of the molecule is COn1nnc2cc(Cn3ccnc3)ccc21. The van der Waals surface area contributed by atoms with Gasteiger partial charge in [-0.1, -0.05) is 10.9 Å². The molecule has 0 aliphatic carbocycles. The molecule has 1 aromatic carbocycles. The number of rotatable bonds is 3. The van der Waals surface area contributed by atoms with Gasteiger partial charge in [0.05, 0.1) is 6.33 Å². The summed E-state index contributed by atoms with van der Waals surface area (Å²) in [6.07, 6.45) is 5.48. The third-order valence-electron chi connectivity index (χ3n) is 2.58. The lowest BCUT2D eigenvalue weighted by molar-refractivity contribution is 0.139. The first-order chi connectivity index (χ1) is 8.36. The Hall–Kier alpha value is -2.37. The molecule has 3 rings (SSSR count). The van der Waals surface area contributed by atoms with E-state index in [2.05, 4.69) is 15.3 Å². The van der Waals surface area contributed by atoms with Gasteiger partial charge in [-0.3, -0.25) is 0 Å². The minimum absolute atomic E-state index is 0.774. The molecule has 0 aliphatic rings. The smallest absolute Gasteiger partial charge is 0.130 e. The summed E-state index contributed by atoms with van der Waals surface area (Å²) in [4.78, 5) is 10.4. The third kappa shape index (κ3) is 1.73. The number of hydrogen-bond donors (Lipinski definition) is 0. The number of aromatic nitrogens is 5. The summed E-state index contributed by atoms with van der Waals surface area (Å²) in [5.74, 6) is 0. The van der Waals surface area contributed by atoms with Crippen molar-refractivity contribution >= 4 is 11.0 Å². The van der Waals surface area contributed by atoms with Crippen LogP contribution in [0, 0.1) is 0 Å². The van der Waals surface area contributed by atoms with E-state index in [1.54, 1.807) is 19.6 Å². The number of fused-ring (bicyclic) bond motifs is 1. The number of benzene rings is 1. The molecule has 86 valence electrons. The van der Waals surface area contributed by atoms with Gasteiger partial charge in [0.15, 0.2) is 0 Å². The average molecular weight is 229 g/mol. The van der Waals surface area contributed by atoms with E-state index in [-0.39, 0.29) is 0 Å². The molecule has 17 heavy (non-hydrogen) atoms. The zero-order chi connectivity index (χ0) is 11.7. The minimum Gasteiger partial charge on any atom is -0.398 e. The van der Waals surface area contributed by atoms with Crippen LogP contribution in [0.3, 0.4) is 0 Å². The Morgan fingerprint density at radius 2 is 2.29 bits per heavy atom. The van der Waals surface area contributed by atoms with Gasteiger partial charge < -0.3 is 9.40 Å². The predicted octanol–water partition coefficient (Wildman–Crippen LogP) is 0.734. The van der Waals surface area contributed by atoms with Gasteiger partial charge in [-0.2, -0.15) is 0 Å². The molecule has 3 aromatic rings. The van der Waals surface area contributed by atoms with Gasteiger partial charge in [-0.15, -0.1) is 5.10 Å². The highest BCUT2D eigenvalue weighted by Gasteiger charge is 2.05. The van der Waals surface area contributed by atoms with E-state index >= 15 is 0 Å². The van der Waals surface area contributed by atoms with Crippen molar-refractivity contribution in [2.45, 2.75) is 6.54 Å². The highest BCUT2D eigenvalue weighted by molar-refractivity contribution is 5.74. The molecule has 0 bridgehead atoms. The summed E-state index contributed by atoms with van der Waals surface area (Å²) in [7, 11) is 1.56. The zero-order valence-electron chi connectivity index (χ0n) is 9.32. The molecule has 0 amide bonds. The first-order valence-corrected chi connectivity index (χ1v) is 5.21. The Balaban J connectivity index is 1.97. The molecule has 0 fully saturated rings. The molecule has 6 heteroatoms. The van der Waals surface area contributed by atoms with Crippen molar-refractivity contribution in [1.82, 2.24) is 24.7 Å². The number of hydrogen-bond acceptors (Lipinski definition) is 4. The maximum atomic E-state index is 5.04. The normalized spacial score (nSPS) is 10.9. The van der Waals surface area contributed by atoms with Crippen molar-refractivity contribution in [1.29, 1.82) is 0 Å². The minimum atomic E-state index is 0.774. The lowest BCUT2D eigenvalue weighted by Crippen LogP contribution is -2.07. The van der Waals surface area contributed by atoms with Gasteiger partial charge in [0.1, 0.15) is 18.1 Å². The molecule has 2 heterocycles. The van der Waals surface area contributed by atoms with Gasteiger partial charge in [0.25, 0.3) is 0 Å². The van der Waals surface area contributed by atoms with Crippen molar-refractivity contribution < 1.29 is 4.84 Å². The molecule has 2 aromatic heterocycles. The molecule has 0 radical (unpaired) electrons. The van der Waals surface area contributed by atoms with Gasteiger partial charge in [-0.05, 0) is 22.9 Å².